The molecule has 1 atom stereocenters. The molecule has 3 rings (SSSR count). The second kappa shape index (κ2) is 7.04. The van der Waals surface area contributed by atoms with Crippen molar-refractivity contribution in [1.82, 2.24) is 15.1 Å². The third-order valence-corrected chi connectivity index (χ3v) is 4.45. The second-order valence-electron chi connectivity index (χ2n) is 5.09. The van der Waals surface area contributed by atoms with Crippen LogP contribution in [0.25, 0.3) is 0 Å². The number of carbonyl (C=O) groups is 1. The number of carbonyl (C=O) groups excluding carboxylic acids is 1. The molecule has 118 valence electrons. The molecule has 1 amide bonds. The zero-order valence-electron chi connectivity index (χ0n) is 12.4. The molecule has 2 aromatic rings. The van der Waals surface area contributed by atoms with E-state index in [4.69, 9.17) is 9.47 Å². The number of nitrogens with zero attached hydrogens (tertiary/aromatic N) is 2. The molecule has 2 aromatic heterocycles. The van der Waals surface area contributed by atoms with Gasteiger partial charge in [0.15, 0.2) is 0 Å². The fourth-order valence-corrected chi connectivity index (χ4v) is 3.11. The summed E-state index contributed by atoms with van der Waals surface area (Å²) < 4.78 is 12.7. The maximum Gasteiger partial charge on any atom is 0.261 e. The van der Waals surface area contributed by atoms with Crippen molar-refractivity contribution in [1.29, 1.82) is 0 Å². The lowest BCUT2D eigenvalue weighted by molar-refractivity contribution is 0.0383. The topological polar surface area (TPSA) is 65.4 Å². The third-order valence-electron chi connectivity index (χ3n) is 3.58. The van der Waals surface area contributed by atoms with Crippen LogP contribution in [-0.4, -0.2) is 42.6 Å². The molecule has 0 spiro atoms. The molecule has 0 aromatic carbocycles. The van der Waals surface area contributed by atoms with Crippen molar-refractivity contribution in [2.45, 2.75) is 19.1 Å². The molecule has 3 heterocycles. The van der Waals surface area contributed by atoms with Crippen LogP contribution in [-0.2, 0) is 22.4 Å². The van der Waals surface area contributed by atoms with E-state index >= 15 is 0 Å². The van der Waals surface area contributed by atoms with Crippen LogP contribution in [0.1, 0.15) is 27.0 Å². The van der Waals surface area contributed by atoms with E-state index in [1.165, 1.54) is 16.9 Å². The normalized spacial score (nSPS) is 17.2. The van der Waals surface area contributed by atoms with Gasteiger partial charge in [0, 0.05) is 19.9 Å². The molecule has 0 fully saturated rings. The Morgan fingerprint density at radius 3 is 3.32 bits per heavy atom. The van der Waals surface area contributed by atoms with Gasteiger partial charge in [-0.2, -0.15) is 5.10 Å². The molecular weight excluding hydrogens is 302 g/mol. The number of nitrogens with one attached hydrogen (secondary N) is 1. The average Bonchev–Trinajstić information content (AvgIpc) is 3.19. The summed E-state index contributed by atoms with van der Waals surface area (Å²) in [5.74, 6) is -0.0652. The maximum absolute atomic E-state index is 12.0. The highest BCUT2D eigenvalue weighted by Crippen LogP contribution is 2.25. The van der Waals surface area contributed by atoms with Crippen LogP contribution in [0.3, 0.4) is 0 Å². The van der Waals surface area contributed by atoms with E-state index in [9.17, 15) is 4.79 Å². The summed E-state index contributed by atoms with van der Waals surface area (Å²) in [6.07, 6.45) is 2.72. The molecule has 0 bridgehead atoms. The Morgan fingerprint density at radius 2 is 2.55 bits per heavy atom. The van der Waals surface area contributed by atoms with Gasteiger partial charge in [-0.3, -0.25) is 9.48 Å². The molecule has 0 radical (unpaired) electrons. The Hall–Kier alpha value is -1.70. The molecular formula is C15H19N3O3S. The van der Waals surface area contributed by atoms with Crippen molar-refractivity contribution in [3.05, 3.63) is 39.8 Å². The van der Waals surface area contributed by atoms with Crippen molar-refractivity contribution in [3.8, 4) is 0 Å². The molecule has 1 aliphatic rings. The first-order valence-electron chi connectivity index (χ1n) is 7.26. The van der Waals surface area contributed by atoms with Crippen molar-refractivity contribution >= 4 is 17.2 Å². The zero-order valence-corrected chi connectivity index (χ0v) is 13.3. The Morgan fingerprint density at radius 1 is 1.64 bits per heavy atom. The van der Waals surface area contributed by atoms with Gasteiger partial charge in [0.1, 0.15) is 6.10 Å². The van der Waals surface area contributed by atoms with Crippen LogP contribution < -0.4 is 5.32 Å². The van der Waals surface area contributed by atoms with Gasteiger partial charge in [0.2, 0.25) is 0 Å². The fourth-order valence-electron chi connectivity index (χ4n) is 2.47. The van der Waals surface area contributed by atoms with E-state index in [0.717, 1.165) is 18.7 Å². The standard InChI is InChI=1S/C15H19N3O3S/c1-20-7-5-18-10-11-4-6-21-12(14(11)17-18)9-16-15(19)13-3-2-8-22-13/h2-3,8,10,12H,4-7,9H2,1H3,(H,16,19)/t12-/m0/s1. The van der Waals surface area contributed by atoms with E-state index in [0.29, 0.717) is 24.6 Å². The van der Waals surface area contributed by atoms with Crippen LogP contribution in [0.4, 0.5) is 0 Å². The molecule has 0 aliphatic carbocycles. The van der Waals surface area contributed by atoms with Gasteiger partial charge in [0.25, 0.3) is 5.91 Å². The van der Waals surface area contributed by atoms with Crippen molar-refractivity contribution < 1.29 is 14.3 Å². The lowest BCUT2D eigenvalue weighted by atomic mass is 10.1. The van der Waals surface area contributed by atoms with Crippen molar-refractivity contribution in [3.63, 3.8) is 0 Å². The number of fused-ring (bicyclic) bond motifs is 1. The summed E-state index contributed by atoms with van der Waals surface area (Å²) in [5.41, 5.74) is 2.12. The fraction of sp³-hybridized carbons (Fsp3) is 0.467. The number of ether oxygens (including phenoxy) is 2. The minimum Gasteiger partial charge on any atom is -0.383 e. The SMILES string of the molecule is COCCn1cc2c(n1)[C@H](CNC(=O)c1cccs1)OCC2. The van der Waals surface area contributed by atoms with Gasteiger partial charge >= 0.3 is 0 Å². The van der Waals surface area contributed by atoms with Crippen LogP contribution in [0.2, 0.25) is 0 Å². The van der Waals surface area contributed by atoms with E-state index < -0.39 is 0 Å². The number of hydrogen-bond acceptors (Lipinski definition) is 5. The highest BCUT2D eigenvalue weighted by Gasteiger charge is 2.25. The van der Waals surface area contributed by atoms with Gasteiger partial charge in [-0.15, -0.1) is 11.3 Å². The molecule has 0 saturated carbocycles. The number of amides is 1. The van der Waals surface area contributed by atoms with Gasteiger partial charge in [-0.05, 0) is 23.4 Å². The highest BCUT2D eigenvalue weighted by molar-refractivity contribution is 7.12. The summed E-state index contributed by atoms with van der Waals surface area (Å²) in [7, 11) is 1.68. The van der Waals surface area contributed by atoms with E-state index in [1.54, 1.807) is 7.11 Å². The maximum atomic E-state index is 12.0. The van der Waals surface area contributed by atoms with Gasteiger partial charge in [-0.25, -0.2) is 0 Å². The Bertz CT molecular complexity index is 624. The molecule has 6 nitrogen and oxygen atoms in total. The predicted molar refractivity (Wildman–Crippen MR) is 83.2 cm³/mol. The van der Waals surface area contributed by atoms with E-state index in [2.05, 4.69) is 10.4 Å². The van der Waals surface area contributed by atoms with E-state index in [-0.39, 0.29) is 12.0 Å². The average molecular weight is 321 g/mol. The summed E-state index contributed by atoms with van der Waals surface area (Å²) in [6, 6.07) is 3.68. The molecule has 1 aliphatic heterocycles. The Kier molecular flexibility index (Phi) is 4.87. The third kappa shape index (κ3) is 3.37. The molecule has 1 N–H and O–H groups in total. The number of rotatable bonds is 6. The lowest BCUT2D eigenvalue weighted by Crippen LogP contribution is -2.31. The predicted octanol–water partition coefficient (Wildman–Crippen LogP) is 1.63. The van der Waals surface area contributed by atoms with Gasteiger partial charge in [-0.1, -0.05) is 6.07 Å². The first-order chi connectivity index (χ1) is 10.8. The Balaban J connectivity index is 1.64. The van der Waals surface area contributed by atoms with Crippen molar-refractivity contribution in [2.75, 3.05) is 26.9 Å². The minimum atomic E-state index is -0.184. The number of methoxy groups -OCH3 is 1. The monoisotopic (exact) mass is 321 g/mol. The molecule has 22 heavy (non-hydrogen) atoms. The van der Waals surface area contributed by atoms with Crippen molar-refractivity contribution in [2.24, 2.45) is 0 Å². The van der Waals surface area contributed by atoms with Crippen LogP contribution in [0, 0.1) is 0 Å². The Labute approximate surface area is 133 Å². The van der Waals surface area contributed by atoms with Crippen LogP contribution in [0.5, 0.6) is 0 Å². The molecule has 0 unspecified atom stereocenters. The van der Waals surface area contributed by atoms with Gasteiger partial charge < -0.3 is 14.8 Å². The first-order valence-corrected chi connectivity index (χ1v) is 8.14. The quantitative estimate of drug-likeness (QED) is 0.878. The van der Waals surface area contributed by atoms with Crippen LogP contribution in [0.15, 0.2) is 23.7 Å². The van der Waals surface area contributed by atoms with E-state index in [1.807, 2.05) is 28.4 Å². The smallest absolute Gasteiger partial charge is 0.261 e. The number of hydrogen-bond donors (Lipinski definition) is 1. The summed E-state index contributed by atoms with van der Waals surface area (Å²) >= 11 is 1.43. The van der Waals surface area contributed by atoms with Gasteiger partial charge in [0.05, 0.1) is 30.3 Å². The number of aromatic nitrogens is 2. The minimum absolute atomic E-state index is 0.0652. The highest BCUT2D eigenvalue weighted by atomic mass is 32.1. The van der Waals surface area contributed by atoms with Crippen LogP contribution >= 0.6 is 11.3 Å². The first kappa shape index (κ1) is 15.2. The molecule has 0 saturated heterocycles. The zero-order chi connectivity index (χ0) is 15.4. The largest absolute Gasteiger partial charge is 0.383 e. The number of thiophene rings is 1. The summed E-state index contributed by atoms with van der Waals surface area (Å²) in [5, 5.41) is 9.38. The summed E-state index contributed by atoms with van der Waals surface area (Å²) in [6.45, 7) is 2.44. The second-order valence-corrected chi connectivity index (χ2v) is 6.04. The lowest BCUT2D eigenvalue weighted by Gasteiger charge is -2.22. The summed E-state index contributed by atoms with van der Waals surface area (Å²) in [4.78, 5) is 12.7. The molecule has 7 heteroatoms.